The van der Waals surface area contributed by atoms with Crippen LogP contribution in [0, 0.1) is 12.7 Å². The van der Waals surface area contributed by atoms with Gasteiger partial charge in [0.05, 0.1) is 25.0 Å². The summed E-state index contributed by atoms with van der Waals surface area (Å²) in [5, 5.41) is 12.2. The van der Waals surface area contributed by atoms with Crippen molar-refractivity contribution in [1.82, 2.24) is 14.9 Å². The molecule has 0 saturated carbocycles. The van der Waals surface area contributed by atoms with Crippen molar-refractivity contribution in [3.63, 3.8) is 0 Å². The number of benzene rings is 2. The van der Waals surface area contributed by atoms with E-state index >= 15 is 0 Å². The number of likely N-dealkylation sites (N-methyl/N-ethyl adjacent to an activating group) is 1. The average Bonchev–Trinajstić information content (AvgIpc) is 2.74. The van der Waals surface area contributed by atoms with Crippen LogP contribution in [0.25, 0.3) is 0 Å². The van der Waals surface area contributed by atoms with Gasteiger partial charge in [-0.05, 0) is 50.2 Å². The van der Waals surface area contributed by atoms with Gasteiger partial charge in [-0.2, -0.15) is 0 Å². The van der Waals surface area contributed by atoms with E-state index < -0.39 is 5.97 Å². The van der Waals surface area contributed by atoms with Crippen LogP contribution < -0.4 is 10.1 Å². The second-order valence-corrected chi connectivity index (χ2v) is 7.33. The van der Waals surface area contributed by atoms with Crippen molar-refractivity contribution in [2.24, 2.45) is 0 Å². The average molecular weight is 424 g/mol. The number of carbonyl (C=O) groups is 1. The van der Waals surface area contributed by atoms with Gasteiger partial charge < -0.3 is 15.2 Å². The van der Waals surface area contributed by atoms with E-state index in [-0.39, 0.29) is 18.4 Å². The number of carboxylic acid groups (broad SMARTS) is 1. The quantitative estimate of drug-likeness (QED) is 0.502. The number of hydrogen-bond acceptors (Lipinski definition) is 6. The van der Waals surface area contributed by atoms with E-state index in [9.17, 15) is 9.18 Å². The van der Waals surface area contributed by atoms with Crippen LogP contribution in [0.4, 0.5) is 10.3 Å². The molecule has 7 nitrogen and oxygen atoms in total. The molecular weight excluding hydrogens is 399 g/mol. The zero-order valence-corrected chi connectivity index (χ0v) is 17.5. The highest BCUT2D eigenvalue weighted by Crippen LogP contribution is 2.24. The molecule has 0 amide bonds. The van der Waals surface area contributed by atoms with Crippen molar-refractivity contribution >= 4 is 11.9 Å². The second-order valence-electron chi connectivity index (χ2n) is 7.33. The second kappa shape index (κ2) is 10.5. The molecule has 0 radical (unpaired) electrons. The Morgan fingerprint density at radius 3 is 2.35 bits per heavy atom. The van der Waals surface area contributed by atoms with Crippen molar-refractivity contribution in [3.05, 3.63) is 77.9 Å². The third-order valence-electron chi connectivity index (χ3n) is 4.67. The topological polar surface area (TPSA) is 87.6 Å². The molecule has 1 atom stereocenters. The Balaban J connectivity index is 1.68. The highest BCUT2D eigenvalue weighted by molar-refractivity contribution is 5.69. The van der Waals surface area contributed by atoms with E-state index in [1.54, 1.807) is 36.5 Å². The predicted molar refractivity (Wildman–Crippen MR) is 116 cm³/mol. The largest absolute Gasteiger partial charge is 0.480 e. The molecule has 0 fully saturated rings. The Hall–Kier alpha value is -3.52. The van der Waals surface area contributed by atoms with E-state index in [0.29, 0.717) is 30.4 Å². The van der Waals surface area contributed by atoms with Gasteiger partial charge in [0.15, 0.2) is 5.75 Å². The zero-order chi connectivity index (χ0) is 22.2. The lowest BCUT2D eigenvalue weighted by atomic mass is 10.0. The number of aliphatic carboxylic acids is 1. The van der Waals surface area contributed by atoms with Gasteiger partial charge in [0.25, 0.3) is 0 Å². The minimum Gasteiger partial charge on any atom is -0.480 e. The fraction of sp³-hybridized carbons (Fsp3) is 0.261. The molecule has 1 unspecified atom stereocenters. The monoisotopic (exact) mass is 424 g/mol. The molecule has 0 saturated heterocycles. The predicted octanol–water partition coefficient (Wildman–Crippen LogP) is 4.28. The SMILES string of the molecule is Cc1ccc(Oc2cnc(NC(CCN(C)CC(=O)O)c3ccc(F)cc3)nc2)cc1. The fourth-order valence-electron chi connectivity index (χ4n) is 3.02. The summed E-state index contributed by atoms with van der Waals surface area (Å²) in [5.41, 5.74) is 2.00. The van der Waals surface area contributed by atoms with Crippen LogP contribution in [0.5, 0.6) is 11.5 Å². The Labute approximate surface area is 180 Å². The van der Waals surface area contributed by atoms with Crippen molar-refractivity contribution < 1.29 is 19.0 Å². The van der Waals surface area contributed by atoms with Gasteiger partial charge in [0, 0.05) is 6.54 Å². The molecule has 0 aliphatic carbocycles. The number of hydrogen-bond donors (Lipinski definition) is 2. The minimum absolute atomic E-state index is 0.0579. The first-order valence-electron chi connectivity index (χ1n) is 9.88. The molecule has 0 aliphatic rings. The number of nitrogens with zero attached hydrogens (tertiary/aromatic N) is 3. The van der Waals surface area contributed by atoms with Gasteiger partial charge in [-0.25, -0.2) is 14.4 Å². The summed E-state index contributed by atoms with van der Waals surface area (Å²) >= 11 is 0. The van der Waals surface area contributed by atoms with E-state index in [4.69, 9.17) is 9.84 Å². The van der Waals surface area contributed by atoms with Gasteiger partial charge in [-0.1, -0.05) is 29.8 Å². The first-order valence-corrected chi connectivity index (χ1v) is 9.88. The number of ether oxygens (including phenoxy) is 1. The van der Waals surface area contributed by atoms with Crippen molar-refractivity contribution in [2.45, 2.75) is 19.4 Å². The number of aromatic nitrogens is 2. The molecule has 0 aliphatic heterocycles. The van der Waals surface area contributed by atoms with Gasteiger partial charge in [-0.3, -0.25) is 9.69 Å². The van der Waals surface area contributed by atoms with Crippen LogP contribution in [0.1, 0.15) is 23.6 Å². The Morgan fingerprint density at radius 2 is 1.74 bits per heavy atom. The third-order valence-corrected chi connectivity index (χ3v) is 4.67. The number of nitrogens with one attached hydrogen (secondary N) is 1. The van der Waals surface area contributed by atoms with Gasteiger partial charge >= 0.3 is 5.97 Å². The third kappa shape index (κ3) is 7.04. The lowest BCUT2D eigenvalue weighted by molar-refractivity contribution is -0.138. The zero-order valence-electron chi connectivity index (χ0n) is 17.5. The first-order chi connectivity index (χ1) is 14.9. The number of halogens is 1. The van der Waals surface area contributed by atoms with Crippen LogP contribution in [-0.4, -0.2) is 46.1 Å². The summed E-state index contributed by atoms with van der Waals surface area (Å²) in [5.74, 6) is 0.390. The van der Waals surface area contributed by atoms with Crippen molar-refractivity contribution in [1.29, 1.82) is 0 Å². The maximum absolute atomic E-state index is 13.3. The van der Waals surface area contributed by atoms with Gasteiger partial charge in [0.1, 0.15) is 11.6 Å². The van der Waals surface area contributed by atoms with Crippen LogP contribution in [0.2, 0.25) is 0 Å². The lowest BCUT2D eigenvalue weighted by Gasteiger charge is -2.22. The maximum atomic E-state index is 13.3. The van der Waals surface area contributed by atoms with Crippen molar-refractivity contribution in [3.8, 4) is 11.5 Å². The fourth-order valence-corrected chi connectivity index (χ4v) is 3.02. The van der Waals surface area contributed by atoms with Crippen LogP contribution in [0.15, 0.2) is 60.9 Å². The summed E-state index contributed by atoms with van der Waals surface area (Å²) in [4.78, 5) is 21.3. The standard InChI is InChI=1S/C23H25FN4O3/c1-16-3-9-19(10-4-16)31-20-13-25-23(26-14-20)27-21(11-12-28(2)15-22(29)30)17-5-7-18(24)8-6-17/h3-10,13-14,21H,11-12,15H2,1-2H3,(H,29,30)(H,25,26,27). The molecule has 2 aromatic carbocycles. The van der Waals surface area contributed by atoms with Crippen LogP contribution in [-0.2, 0) is 4.79 Å². The summed E-state index contributed by atoms with van der Waals surface area (Å²) in [6, 6.07) is 13.6. The number of carboxylic acids is 1. The van der Waals surface area contributed by atoms with Gasteiger partial charge in [0.2, 0.25) is 5.95 Å². The normalized spacial score (nSPS) is 11.9. The molecule has 31 heavy (non-hydrogen) atoms. The van der Waals surface area contributed by atoms with Crippen molar-refractivity contribution in [2.75, 3.05) is 25.5 Å². The molecule has 162 valence electrons. The summed E-state index contributed by atoms with van der Waals surface area (Å²) < 4.78 is 19.1. The number of anilines is 1. The summed E-state index contributed by atoms with van der Waals surface area (Å²) in [6.45, 7) is 2.47. The summed E-state index contributed by atoms with van der Waals surface area (Å²) in [7, 11) is 1.74. The highest BCUT2D eigenvalue weighted by Gasteiger charge is 2.15. The maximum Gasteiger partial charge on any atom is 0.317 e. The molecule has 3 rings (SSSR count). The number of aryl methyl sites for hydroxylation is 1. The Morgan fingerprint density at radius 1 is 1.10 bits per heavy atom. The van der Waals surface area contributed by atoms with E-state index in [2.05, 4.69) is 15.3 Å². The molecular formula is C23H25FN4O3. The van der Waals surface area contributed by atoms with Crippen LogP contribution >= 0.6 is 0 Å². The Bertz CT molecular complexity index is 979. The summed E-state index contributed by atoms with van der Waals surface area (Å²) in [6.07, 6.45) is 3.74. The minimum atomic E-state index is -0.888. The molecule has 0 spiro atoms. The van der Waals surface area contributed by atoms with E-state index in [1.165, 1.54) is 12.1 Å². The Kier molecular flexibility index (Phi) is 7.50. The molecule has 3 aromatic rings. The first kappa shape index (κ1) is 22.2. The molecule has 1 aromatic heterocycles. The van der Waals surface area contributed by atoms with E-state index in [0.717, 1.165) is 11.1 Å². The lowest BCUT2D eigenvalue weighted by Crippen LogP contribution is -2.28. The molecule has 0 bridgehead atoms. The molecule has 8 heteroatoms. The smallest absolute Gasteiger partial charge is 0.317 e. The highest BCUT2D eigenvalue weighted by atomic mass is 19.1. The van der Waals surface area contributed by atoms with Gasteiger partial charge in [-0.15, -0.1) is 0 Å². The molecule has 2 N–H and O–H groups in total. The van der Waals surface area contributed by atoms with E-state index in [1.807, 2.05) is 31.2 Å². The molecule has 1 heterocycles. The number of rotatable bonds is 10. The van der Waals surface area contributed by atoms with Crippen LogP contribution in [0.3, 0.4) is 0 Å².